The number of Topliss-reactive ketones (excluding diaryl/α,β-unsaturated/α-hetero) is 1. The first-order valence-corrected chi connectivity index (χ1v) is 6.57. The molecule has 0 aliphatic heterocycles. The van der Waals surface area contributed by atoms with Gasteiger partial charge in [-0.1, -0.05) is 46.3 Å². The van der Waals surface area contributed by atoms with Crippen molar-refractivity contribution in [2.75, 3.05) is 0 Å². The molecule has 2 nitrogen and oxygen atoms in total. The summed E-state index contributed by atoms with van der Waals surface area (Å²) in [5.74, 6) is -0.766. The second-order valence-electron chi connectivity index (χ2n) is 4.19. The third kappa shape index (κ3) is 3.49. The SMILES string of the molecule is O=C(Cc1cc(F)ccc1Br)C(O)c1ccccc1. The predicted molar refractivity (Wildman–Crippen MR) is 74.2 cm³/mol. The van der Waals surface area contributed by atoms with Gasteiger partial charge >= 0.3 is 0 Å². The number of rotatable bonds is 4. The van der Waals surface area contributed by atoms with Crippen LogP contribution in [0.15, 0.2) is 53.0 Å². The zero-order chi connectivity index (χ0) is 13.8. The molecule has 0 heterocycles. The Labute approximate surface area is 119 Å². The van der Waals surface area contributed by atoms with Crippen LogP contribution in [0.4, 0.5) is 4.39 Å². The number of halogens is 2. The molecule has 98 valence electrons. The van der Waals surface area contributed by atoms with Crippen molar-refractivity contribution in [2.24, 2.45) is 0 Å². The Morgan fingerprint density at radius 2 is 1.89 bits per heavy atom. The molecule has 19 heavy (non-hydrogen) atoms. The third-order valence-electron chi connectivity index (χ3n) is 2.79. The fourth-order valence-corrected chi connectivity index (χ4v) is 2.17. The number of ketones is 1. The van der Waals surface area contributed by atoms with Crippen molar-refractivity contribution in [2.45, 2.75) is 12.5 Å². The van der Waals surface area contributed by atoms with Crippen LogP contribution in [-0.2, 0) is 11.2 Å². The average molecular weight is 323 g/mol. The van der Waals surface area contributed by atoms with Crippen molar-refractivity contribution in [1.29, 1.82) is 0 Å². The zero-order valence-corrected chi connectivity index (χ0v) is 11.6. The topological polar surface area (TPSA) is 37.3 Å². The Morgan fingerprint density at radius 3 is 2.58 bits per heavy atom. The lowest BCUT2D eigenvalue weighted by atomic mass is 10.00. The van der Waals surface area contributed by atoms with Gasteiger partial charge in [0, 0.05) is 10.9 Å². The maximum Gasteiger partial charge on any atom is 0.170 e. The summed E-state index contributed by atoms with van der Waals surface area (Å²) in [4.78, 5) is 12.0. The molecule has 0 bridgehead atoms. The lowest BCUT2D eigenvalue weighted by Gasteiger charge is -2.10. The van der Waals surface area contributed by atoms with E-state index in [2.05, 4.69) is 15.9 Å². The van der Waals surface area contributed by atoms with Gasteiger partial charge in [0.25, 0.3) is 0 Å². The molecular formula is C15H12BrFO2. The Bertz CT molecular complexity index is 584. The van der Waals surface area contributed by atoms with E-state index in [-0.39, 0.29) is 12.2 Å². The number of carbonyl (C=O) groups excluding carboxylic acids is 1. The van der Waals surface area contributed by atoms with Crippen LogP contribution < -0.4 is 0 Å². The number of hydrogen-bond acceptors (Lipinski definition) is 2. The molecule has 0 saturated carbocycles. The number of carbonyl (C=O) groups is 1. The second-order valence-corrected chi connectivity index (χ2v) is 5.05. The summed E-state index contributed by atoms with van der Waals surface area (Å²) >= 11 is 3.26. The Kier molecular flexibility index (Phi) is 4.45. The monoisotopic (exact) mass is 322 g/mol. The van der Waals surface area contributed by atoms with E-state index in [1.807, 2.05) is 6.07 Å². The summed E-state index contributed by atoms with van der Waals surface area (Å²) in [5.41, 5.74) is 1.07. The maximum absolute atomic E-state index is 13.1. The summed E-state index contributed by atoms with van der Waals surface area (Å²) in [6, 6.07) is 12.8. The number of aliphatic hydroxyl groups excluding tert-OH is 1. The molecule has 0 aromatic heterocycles. The van der Waals surface area contributed by atoms with Gasteiger partial charge in [-0.3, -0.25) is 4.79 Å². The van der Waals surface area contributed by atoms with Crippen molar-refractivity contribution in [1.82, 2.24) is 0 Å². The molecule has 2 aromatic carbocycles. The molecule has 1 atom stereocenters. The van der Waals surface area contributed by atoms with Crippen molar-refractivity contribution >= 4 is 21.7 Å². The van der Waals surface area contributed by atoms with E-state index in [4.69, 9.17) is 0 Å². The van der Waals surface area contributed by atoms with Gasteiger partial charge in [-0.25, -0.2) is 4.39 Å². The maximum atomic E-state index is 13.1. The highest BCUT2D eigenvalue weighted by Gasteiger charge is 2.18. The molecule has 0 spiro atoms. The number of hydrogen-bond donors (Lipinski definition) is 1. The fraction of sp³-hybridized carbons (Fsp3) is 0.133. The van der Waals surface area contributed by atoms with E-state index in [9.17, 15) is 14.3 Å². The average Bonchev–Trinajstić information content (AvgIpc) is 2.43. The minimum atomic E-state index is -1.18. The minimum absolute atomic E-state index is 0.0194. The zero-order valence-electron chi connectivity index (χ0n) is 10.0. The molecule has 0 fully saturated rings. The highest BCUT2D eigenvalue weighted by atomic mass is 79.9. The number of benzene rings is 2. The van der Waals surface area contributed by atoms with Crippen LogP contribution in [-0.4, -0.2) is 10.9 Å². The van der Waals surface area contributed by atoms with Gasteiger partial charge < -0.3 is 5.11 Å². The summed E-state index contributed by atoms with van der Waals surface area (Å²) in [6.45, 7) is 0. The molecule has 0 radical (unpaired) electrons. The molecule has 0 saturated heterocycles. The molecule has 2 rings (SSSR count). The summed E-state index contributed by atoms with van der Waals surface area (Å²) in [5, 5.41) is 9.95. The Hall–Kier alpha value is -1.52. The Morgan fingerprint density at radius 1 is 1.21 bits per heavy atom. The van der Waals surface area contributed by atoms with Gasteiger partial charge in [-0.15, -0.1) is 0 Å². The summed E-state index contributed by atoms with van der Waals surface area (Å²) in [7, 11) is 0. The van der Waals surface area contributed by atoms with Crippen molar-refractivity contribution < 1.29 is 14.3 Å². The minimum Gasteiger partial charge on any atom is -0.381 e. The van der Waals surface area contributed by atoms with Gasteiger partial charge in [-0.2, -0.15) is 0 Å². The molecule has 0 amide bonds. The molecule has 1 unspecified atom stereocenters. The molecule has 4 heteroatoms. The first kappa shape index (κ1) is 13.9. The van der Waals surface area contributed by atoms with Gasteiger partial charge in [0.05, 0.1) is 0 Å². The van der Waals surface area contributed by atoms with Crippen LogP contribution in [0.25, 0.3) is 0 Å². The van der Waals surface area contributed by atoms with E-state index < -0.39 is 11.9 Å². The fourth-order valence-electron chi connectivity index (χ4n) is 1.78. The van der Waals surface area contributed by atoms with Crippen molar-refractivity contribution in [3.05, 3.63) is 69.9 Å². The lowest BCUT2D eigenvalue weighted by molar-refractivity contribution is -0.126. The van der Waals surface area contributed by atoms with Crippen LogP contribution in [0.3, 0.4) is 0 Å². The van der Waals surface area contributed by atoms with Gasteiger partial charge in [0.2, 0.25) is 0 Å². The number of aliphatic hydroxyl groups is 1. The first-order chi connectivity index (χ1) is 9.08. The smallest absolute Gasteiger partial charge is 0.170 e. The summed E-state index contributed by atoms with van der Waals surface area (Å²) < 4.78 is 13.8. The molecule has 0 aliphatic carbocycles. The van der Waals surface area contributed by atoms with E-state index in [1.54, 1.807) is 30.3 Å². The van der Waals surface area contributed by atoms with Crippen LogP contribution in [0.1, 0.15) is 17.2 Å². The highest BCUT2D eigenvalue weighted by Crippen LogP contribution is 2.22. The molecule has 2 aromatic rings. The molecule has 0 aliphatic rings. The van der Waals surface area contributed by atoms with E-state index in [1.165, 1.54) is 12.1 Å². The molecule has 1 N–H and O–H groups in total. The van der Waals surface area contributed by atoms with Gasteiger partial charge in [-0.05, 0) is 29.3 Å². The predicted octanol–water partition coefficient (Wildman–Crippen LogP) is 3.43. The Balaban J connectivity index is 2.15. The van der Waals surface area contributed by atoms with Crippen molar-refractivity contribution in [3.63, 3.8) is 0 Å². The third-order valence-corrected chi connectivity index (χ3v) is 3.57. The summed E-state index contributed by atoms with van der Waals surface area (Å²) in [6.07, 6.45) is -1.20. The second kappa shape index (κ2) is 6.08. The first-order valence-electron chi connectivity index (χ1n) is 5.77. The largest absolute Gasteiger partial charge is 0.381 e. The van der Waals surface area contributed by atoms with E-state index in [0.717, 1.165) is 0 Å². The normalized spacial score (nSPS) is 12.2. The lowest BCUT2D eigenvalue weighted by Crippen LogP contribution is -2.14. The van der Waals surface area contributed by atoms with E-state index in [0.29, 0.717) is 15.6 Å². The van der Waals surface area contributed by atoms with Gasteiger partial charge in [0.15, 0.2) is 5.78 Å². The van der Waals surface area contributed by atoms with Crippen LogP contribution in [0, 0.1) is 5.82 Å². The van der Waals surface area contributed by atoms with Crippen molar-refractivity contribution in [3.8, 4) is 0 Å². The van der Waals surface area contributed by atoms with Gasteiger partial charge in [0.1, 0.15) is 11.9 Å². The quantitative estimate of drug-likeness (QED) is 0.936. The standard InChI is InChI=1S/C15H12BrFO2/c16-13-7-6-12(17)8-11(13)9-14(18)15(19)10-4-2-1-3-5-10/h1-8,15,19H,9H2. The molecular weight excluding hydrogens is 311 g/mol. The van der Waals surface area contributed by atoms with E-state index >= 15 is 0 Å². The highest BCUT2D eigenvalue weighted by molar-refractivity contribution is 9.10. The van der Waals surface area contributed by atoms with Crippen LogP contribution >= 0.6 is 15.9 Å². The van der Waals surface area contributed by atoms with Crippen LogP contribution in [0.2, 0.25) is 0 Å². The van der Waals surface area contributed by atoms with Crippen LogP contribution in [0.5, 0.6) is 0 Å².